The van der Waals surface area contributed by atoms with Crippen LogP contribution < -0.4 is 0 Å². The second-order valence-electron chi connectivity index (χ2n) is 7.92. The lowest BCUT2D eigenvalue weighted by Gasteiger charge is -2.28. The Morgan fingerprint density at radius 3 is 2.50 bits per heavy atom. The molecule has 2 heterocycles. The van der Waals surface area contributed by atoms with E-state index in [9.17, 15) is 9.18 Å². The SMILES string of the molecule is COC(=O)[C@@H](OC(C)(C)C)c1c(C)nc2sc(C)cc2c1-c1ccc(Cl)c(F)c1Cl. The first-order valence-electron chi connectivity index (χ1n) is 9.24. The maximum atomic E-state index is 14.6. The van der Waals surface area contributed by atoms with E-state index in [4.69, 9.17) is 32.7 Å². The highest BCUT2D eigenvalue weighted by Crippen LogP contribution is 2.45. The predicted octanol–water partition coefficient (Wildman–Crippen LogP) is 7.06. The summed E-state index contributed by atoms with van der Waals surface area (Å²) < 4.78 is 25.7. The zero-order valence-electron chi connectivity index (χ0n) is 17.5. The van der Waals surface area contributed by atoms with Gasteiger partial charge in [0, 0.05) is 32.6 Å². The summed E-state index contributed by atoms with van der Waals surface area (Å²) in [4.78, 5) is 19.2. The minimum Gasteiger partial charge on any atom is -0.467 e. The van der Waals surface area contributed by atoms with Crippen LogP contribution in [0.5, 0.6) is 0 Å². The summed E-state index contributed by atoms with van der Waals surface area (Å²) >= 11 is 13.8. The molecule has 1 aromatic carbocycles. The van der Waals surface area contributed by atoms with Gasteiger partial charge in [0.1, 0.15) is 4.83 Å². The number of carbonyl (C=O) groups is 1. The van der Waals surface area contributed by atoms with Crippen molar-refractivity contribution in [3.8, 4) is 11.1 Å². The number of carbonyl (C=O) groups excluding carboxylic acids is 1. The molecule has 3 rings (SSSR count). The third-order valence-electron chi connectivity index (χ3n) is 4.49. The van der Waals surface area contributed by atoms with E-state index in [0.717, 1.165) is 15.1 Å². The first-order valence-corrected chi connectivity index (χ1v) is 10.8. The second kappa shape index (κ2) is 8.42. The fraction of sp³-hybridized carbons (Fsp3) is 0.364. The van der Waals surface area contributed by atoms with Crippen molar-refractivity contribution in [1.29, 1.82) is 0 Å². The van der Waals surface area contributed by atoms with Crippen LogP contribution in [0.15, 0.2) is 18.2 Å². The largest absolute Gasteiger partial charge is 0.467 e. The maximum absolute atomic E-state index is 14.6. The van der Waals surface area contributed by atoms with Gasteiger partial charge < -0.3 is 9.47 Å². The van der Waals surface area contributed by atoms with Crippen molar-refractivity contribution < 1.29 is 18.7 Å². The van der Waals surface area contributed by atoms with E-state index in [1.807, 2.05) is 33.8 Å². The average Bonchev–Trinajstić information content (AvgIpc) is 3.02. The topological polar surface area (TPSA) is 48.4 Å². The molecule has 0 spiro atoms. The van der Waals surface area contributed by atoms with Crippen molar-refractivity contribution in [2.24, 2.45) is 0 Å². The standard InChI is InChI=1S/C22H22Cl2FNO3S/c1-10-9-13-16(12-7-8-14(23)18(25)17(12)24)15(11(2)26-20(13)30-10)19(21(27)28-6)29-22(3,4)5/h7-9,19H,1-6H3/t19-/m0/s1. The third kappa shape index (κ3) is 4.33. The minimum atomic E-state index is -1.07. The molecule has 30 heavy (non-hydrogen) atoms. The molecule has 160 valence electrons. The summed E-state index contributed by atoms with van der Waals surface area (Å²) in [5, 5.41) is 0.552. The molecule has 0 aliphatic heterocycles. The fourth-order valence-electron chi connectivity index (χ4n) is 3.32. The van der Waals surface area contributed by atoms with E-state index in [-0.39, 0.29) is 10.0 Å². The molecule has 0 aliphatic rings. The van der Waals surface area contributed by atoms with Crippen LogP contribution in [-0.2, 0) is 14.3 Å². The van der Waals surface area contributed by atoms with Gasteiger partial charge in [0.05, 0.1) is 22.8 Å². The Morgan fingerprint density at radius 2 is 1.90 bits per heavy atom. The van der Waals surface area contributed by atoms with Gasteiger partial charge >= 0.3 is 5.97 Å². The number of halogens is 3. The van der Waals surface area contributed by atoms with Gasteiger partial charge in [-0.1, -0.05) is 29.3 Å². The molecular formula is C22H22Cl2FNO3S. The van der Waals surface area contributed by atoms with E-state index in [1.165, 1.54) is 24.5 Å². The van der Waals surface area contributed by atoms with Crippen LogP contribution in [0.4, 0.5) is 4.39 Å². The van der Waals surface area contributed by atoms with Crippen LogP contribution in [0.1, 0.15) is 43.0 Å². The third-order valence-corrected chi connectivity index (χ3v) is 6.09. The highest BCUT2D eigenvalue weighted by Gasteiger charge is 2.34. The number of hydrogen-bond acceptors (Lipinski definition) is 5. The molecule has 3 aromatic rings. The van der Waals surface area contributed by atoms with Crippen LogP contribution in [0.3, 0.4) is 0 Å². The monoisotopic (exact) mass is 469 g/mol. The highest BCUT2D eigenvalue weighted by molar-refractivity contribution is 7.18. The first-order chi connectivity index (χ1) is 13.9. The molecule has 0 saturated carbocycles. The Bertz CT molecular complexity index is 1140. The normalized spacial score (nSPS) is 13.0. The molecule has 2 aromatic heterocycles. The fourth-order valence-corrected chi connectivity index (χ4v) is 4.72. The smallest absolute Gasteiger partial charge is 0.339 e. The van der Waals surface area contributed by atoms with E-state index < -0.39 is 23.5 Å². The summed E-state index contributed by atoms with van der Waals surface area (Å²) in [5.41, 5.74) is 1.41. The predicted molar refractivity (Wildman–Crippen MR) is 120 cm³/mol. The van der Waals surface area contributed by atoms with Crippen molar-refractivity contribution in [2.45, 2.75) is 46.3 Å². The Balaban J connectivity index is 2.45. The van der Waals surface area contributed by atoms with Crippen molar-refractivity contribution in [3.63, 3.8) is 0 Å². The van der Waals surface area contributed by atoms with E-state index in [0.29, 0.717) is 22.4 Å². The van der Waals surface area contributed by atoms with Crippen molar-refractivity contribution >= 4 is 50.7 Å². The number of ether oxygens (including phenoxy) is 2. The number of pyridine rings is 1. The van der Waals surface area contributed by atoms with Crippen molar-refractivity contribution in [2.75, 3.05) is 7.11 Å². The summed E-state index contributed by atoms with van der Waals surface area (Å²) in [5.74, 6) is -1.30. The van der Waals surface area contributed by atoms with Gasteiger partial charge in [0.2, 0.25) is 0 Å². The molecule has 8 heteroatoms. The van der Waals surface area contributed by atoms with Crippen LogP contribution in [0, 0.1) is 19.7 Å². The number of benzene rings is 1. The molecule has 0 amide bonds. The molecule has 0 saturated heterocycles. The molecule has 0 bridgehead atoms. The van der Waals surface area contributed by atoms with Gasteiger partial charge in [0.25, 0.3) is 0 Å². The molecule has 0 radical (unpaired) electrons. The van der Waals surface area contributed by atoms with Gasteiger partial charge in [-0.3, -0.25) is 0 Å². The lowest BCUT2D eigenvalue weighted by atomic mass is 9.92. The van der Waals surface area contributed by atoms with Crippen molar-refractivity contribution in [3.05, 3.63) is 50.2 Å². The Labute approximate surface area is 188 Å². The molecule has 1 atom stereocenters. The Morgan fingerprint density at radius 1 is 1.23 bits per heavy atom. The number of aryl methyl sites for hydroxylation is 2. The number of methoxy groups -OCH3 is 1. The Hall–Kier alpha value is -1.73. The van der Waals surface area contributed by atoms with E-state index >= 15 is 0 Å². The number of rotatable bonds is 4. The highest BCUT2D eigenvalue weighted by atomic mass is 35.5. The van der Waals surface area contributed by atoms with Gasteiger partial charge in [-0.2, -0.15) is 0 Å². The zero-order chi connectivity index (χ0) is 22.4. The van der Waals surface area contributed by atoms with Gasteiger partial charge in [-0.25, -0.2) is 14.2 Å². The number of aromatic nitrogens is 1. The lowest BCUT2D eigenvalue weighted by Crippen LogP contribution is -2.29. The van der Waals surface area contributed by atoms with Gasteiger partial charge in [-0.05, 0) is 46.8 Å². The molecule has 4 nitrogen and oxygen atoms in total. The quantitative estimate of drug-likeness (QED) is 0.303. The van der Waals surface area contributed by atoms with E-state index in [1.54, 1.807) is 13.0 Å². The number of nitrogens with zero attached hydrogens (tertiary/aromatic N) is 1. The van der Waals surface area contributed by atoms with Crippen LogP contribution in [-0.4, -0.2) is 23.7 Å². The average molecular weight is 470 g/mol. The van der Waals surface area contributed by atoms with Gasteiger partial charge in [0.15, 0.2) is 11.9 Å². The van der Waals surface area contributed by atoms with Crippen LogP contribution >= 0.6 is 34.5 Å². The Kier molecular flexibility index (Phi) is 6.44. The maximum Gasteiger partial charge on any atom is 0.339 e. The zero-order valence-corrected chi connectivity index (χ0v) is 19.9. The number of hydrogen-bond donors (Lipinski definition) is 0. The molecule has 0 fully saturated rings. The number of esters is 1. The van der Waals surface area contributed by atoms with Gasteiger partial charge in [-0.15, -0.1) is 11.3 Å². The van der Waals surface area contributed by atoms with Crippen LogP contribution in [0.2, 0.25) is 10.0 Å². The summed E-state index contributed by atoms with van der Waals surface area (Å²) in [6.45, 7) is 9.27. The first kappa shape index (κ1) is 22.9. The van der Waals surface area contributed by atoms with E-state index in [2.05, 4.69) is 4.98 Å². The summed E-state index contributed by atoms with van der Waals surface area (Å²) in [6.07, 6.45) is -1.07. The van der Waals surface area contributed by atoms with Crippen LogP contribution in [0.25, 0.3) is 21.3 Å². The minimum absolute atomic E-state index is 0.0794. The summed E-state index contributed by atoms with van der Waals surface area (Å²) in [6, 6.07) is 5.03. The summed E-state index contributed by atoms with van der Waals surface area (Å²) in [7, 11) is 1.30. The second-order valence-corrected chi connectivity index (χ2v) is 9.94. The molecule has 0 aliphatic carbocycles. The number of fused-ring (bicyclic) bond motifs is 1. The lowest BCUT2D eigenvalue weighted by molar-refractivity contribution is -0.164. The van der Waals surface area contributed by atoms with Crippen molar-refractivity contribution in [1.82, 2.24) is 4.98 Å². The molecular weight excluding hydrogens is 448 g/mol. The molecule has 0 N–H and O–H groups in total. The molecule has 0 unspecified atom stereocenters. The number of thiophene rings is 1.